The van der Waals surface area contributed by atoms with E-state index in [0.29, 0.717) is 6.42 Å². The van der Waals surface area contributed by atoms with Gasteiger partial charge in [0.2, 0.25) is 0 Å². The van der Waals surface area contributed by atoms with Gasteiger partial charge in [-0.25, -0.2) is 0 Å². The molecule has 0 amide bonds. The SMILES string of the molecule is B[C@@H]1OC2(CO)COC1C2OP(O)(=S)OC[C@H]1O[C@@H](Br)CC1O. The first-order valence-electron chi connectivity index (χ1n) is 7.30. The molecule has 0 aromatic heterocycles. The molecule has 2 bridgehead atoms. The molecule has 8 atom stereocenters. The van der Waals surface area contributed by atoms with Crippen LogP contribution in [0.15, 0.2) is 0 Å². The third-order valence-electron chi connectivity index (χ3n) is 4.32. The van der Waals surface area contributed by atoms with Gasteiger partial charge in [-0.3, -0.25) is 4.52 Å². The number of ether oxygens (including phenoxy) is 3. The number of aliphatic hydroxyl groups is 2. The molecular weight excluding hydrogens is 414 g/mol. The number of hydrogen-bond donors (Lipinski definition) is 3. The highest BCUT2D eigenvalue weighted by Gasteiger charge is 2.61. The summed E-state index contributed by atoms with van der Waals surface area (Å²) in [4.78, 5) is 10.3. The predicted octanol–water partition coefficient (Wildman–Crippen LogP) is -1.40. The van der Waals surface area contributed by atoms with Crippen molar-refractivity contribution in [3.8, 4) is 0 Å². The zero-order valence-electron chi connectivity index (χ0n) is 12.4. The van der Waals surface area contributed by atoms with Gasteiger partial charge in [0.05, 0.1) is 31.9 Å². The molecule has 0 radical (unpaired) electrons. The van der Waals surface area contributed by atoms with Gasteiger partial charge in [-0.2, -0.15) is 0 Å². The summed E-state index contributed by atoms with van der Waals surface area (Å²) in [6, 6.07) is -0.273. The van der Waals surface area contributed by atoms with Crippen LogP contribution in [-0.2, 0) is 35.1 Å². The summed E-state index contributed by atoms with van der Waals surface area (Å²) in [5.41, 5.74) is -1.02. The van der Waals surface area contributed by atoms with Gasteiger partial charge in [0.15, 0.2) is 0 Å². The van der Waals surface area contributed by atoms with Gasteiger partial charge in [0, 0.05) is 6.42 Å². The number of rotatable bonds is 6. The van der Waals surface area contributed by atoms with Crippen LogP contribution < -0.4 is 0 Å². The highest BCUT2D eigenvalue weighted by Crippen LogP contribution is 2.52. The highest BCUT2D eigenvalue weighted by atomic mass is 79.9. The molecule has 0 spiro atoms. The standard InChI is InChI=1S/C11H19BBrO8PS/c12-10-8-9(11(3-14,20-10)4-17-8)21-22(16,23)18-2-6-5(15)1-7(13)19-6/h5-10,14-15H,1-4,12H2,(H,16,23)/t5?,6-,7-,8?,9?,10-,11?,22?/m1/s1. The van der Waals surface area contributed by atoms with E-state index in [-0.39, 0.29) is 30.8 Å². The molecular formula is C11H19BBrO8PS. The van der Waals surface area contributed by atoms with Crippen molar-refractivity contribution < 1.29 is 38.4 Å². The van der Waals surface area contributed by atoms with Crippen molar-refractivity contribution in [2.45, 2.75) is 47.5 Å². The number of halogens is 1. The largest absolute Gasteiger partial charge is 0.393 e. The van der Waals surface area contributed by atoms with E-state index in [2.05, 4.69) is 15.9 Å². The fourth-order valence-corrected chi connectivity index (χ4v) is 5.24. The Morgan fingerprint density at radius 2 is 2.22 bits per heavy atom. The van der Waals surface area contributed by atoms with Crippen LogP contribution in [0.4, 0.5) is 0 Å². The summed E-state index contributed by atoms with van der Waals surface area (Å²) in [5.74, 6) is 0. The Kier molecular flexibility index (Phi) is 5.59. The van der Waals surface area contributed by atoms with Crippen LogP contribution in [0.25, 0.3) is 0 Å². The minimum atomic E-state index is -3.60. The molecule has 0 saturated carbocycles. The summed E-state index contributed by atoms with van der Waals surface area (Å²) < 4.78 is 27.5. The van der Waals surface area contributed by atoms with Crippen molar-refractivity contribution in [2.75, 3.05) is 19.8 Å². The van der Waals surface area contributed by atoms with Gasteiger partial charge >= 0.3 is 6.72 Å². The maximum Gasteiger partial charge on any atom is 0.325 e. The second kappa shape index (κ2) is 6.88. The molecule has 0 aliphatic carbocycles. The average molecular weight is 433 g/mol. The lowest BCUT2D eigenvalue weighted by Gasteiger charge is -2.30. The molecule has 23 heavy (non-hydrogen) atoms. The van der Waals surface area contributed by atoms with E-state index in [1.807, 2.05) is 0 Å². The molecule has 132 valence electrons. The van der Waals surface area contributed by atoms with Crippen LogP contribution in [0.1, 0.15) is 6.42 Å². The van der Waals surface area contributed by atoms with E-state index in [4.69, 9.17) is 35.1 Å². The zero-order chi connectivity index (χ0) is 16.8. The third kappa shape index (κ3) is 3.70. The molecule has 3 heterocycles. The Hall–Kier alpha value is 0.875. The number of aliphatic hydroxyl groups excluding tert-OH is 2. The first kappa shape index (κ1) is 18.7. The van der Waals surface area contributed by atoms with E-state index in [0.717, 1.165) is 0 Å². The van der Waals surface area contributed by atoms with Crippen molar-refractivity contribution in [3.05, 3.63) is 0 Å². The van der Waals surface area contributed by atoms with Crippen molar-refractivity contribution in [1.82, 2.24) is 0 Å². The van der Waals surface area contributed by atoms with Crippen LogP contribution in [0, 0.1) is 0 Å². The zero-order valence-corrected chi connectivity index (χ0v) is 15.7. The fraction of sp³-hybridized carbons (Fsp3) is 1.00. The highest BCUT2D eigenvalue weighted by molar-refractivity contribution is 9.09. The van der Waals surface area contributed by atoms with E-state index >= 15 is 0 Å². The second-order valence-electron chi connectivity index (χ2n) is 6.00. The van der Waals surface area contributed by atoms with E-state index in [1.165, 1.54) is 0 Å². The smallest absolute Gasteiger partial charge is 0.325 e. The minimum Gasteiger partial charge on any atom is -0.393 e. The van der Waals surface area contributed by atoms with Crippen LogP contribution in [0.5, 0.6) is 0 Å². The van der Waals surface area contributed by atoms with Gasteiger partial charge in [0.25, 0.3) is 0 Å². The summed E-state index contributed by atoms with van der Waals surface area (Å²) in [6.45, 7) is -3.81. The lowest BCUT2D eigenvalue weighted by atomic mass is 9.92. The molecule has 3 aliphatic heterocycles. The van der Waals surface area contributed by atoms with Crippen molar-refractivity contribution in [1.29, 1.82) is 0 Å². The Morgan fingerprint density at radius 1 is 1.48 bits per heavy atom. The number of fused-ring (bicyclic) bond motifs is 2. The summed E-state index contributed by atoms with van der Waals surface area (Å²) >= 11 is 8.28. The molecule has 3 aliphatic rings. The second-order valence-corrected chi connectivity index (χ2v) is 9.81. The molecule has 0 aromatic carbocycles. The summed E-state index contributed by atoms with van der Waals surface area (Å²) in [7, 11) is 1.80. The van der Waals surface area contributed by atoms with E-state index < -0.39 is 36.7 Å². The summed E-state index contributed by atoms with van der Waals surface area (Å²) in [6.07, 6.45) is -1.97. The average Bonchev–Trinajstić information content (AvgIpc) is 3.06. The molecule has 5 unspecified atom stereocenters. The van der Waals surface area contributed by atoms with Crippen molar-refractivity contribution in [3.63, 3.8) is 0 Å². The van der Waals surface area contributed by atoms with Gasteiger partial charge in [0.1, 0.15) is 36.8 Å². The monoisotopic (exact) mass is 432 g/mol. The van der Waals surface area contributed by atoms with Crippen molar-refractivity contribution in [2.24, 2.45) is 0 Å². The van der Waals surface area contributed by atoms with Gasteiger partial charge in [-0.05, 0) is 11.8 Å². The van der Waals surface area contributed by atoms with Crippen LogP contribution in [0.3, 0.4) is 0 Å². The molecule has 0 aromatic rings. The number of alkyl halides is 1. The molecule has 3 N–H and O–H groups in total. The third-order valence-corrected chi connectivity index (χ3v) is 6.45. The molecule has 8 nitrogen and oxygen atoms in total. The maximum absolute atomic E-state index is 10.3. The van der Waals surface area contributed by atoms with Gasteiger partial charge in [-0.15, -0.1) is 0 Å². The molecule has 12 heteroatoms. The first-order chi connectivity index (χ1) is 10.8. The normalized spacial score (nSPS) is 48.7. The Bertz CT molecular complexity index is 503. The fourth-order valence-electron chi connectivity index (χ4n) is 3.12. The van der Waals surface area contributed by atoms with Crippen LogP contribution in [-0.4, -0.2) is 83.8 Å². The first-order valence-corrected chi connectivity index (χ1v) is 10.8. The Balaban J connectivity index is 1.59. The number of hydrogen-bond acceptors (Lipinski definition) is 8. The lowest BCUT2D eigenvalue weighted by molar-refractivity contribution is -0.136. The van der Waals surface area contributed by atoms with Crippen molar-refractivity contribution >= 4 is 42.3 Å². The molecule has 3 fully saturated rings. The minimum absolute atomic E-state index is 0.0855. The quantitative estimate of drug-likeness (QED) is 0.265. The van der Waals surface area contributed by atoms with Crippen LogP contribution in [0.2, 0.25) is 0 Å². The predicted molar refractivity (Wildman–Crippen MR) is 88.5 cm³/mol. The Labute approximate surface area is 148 Å². The lowest BCUT2D eigenvalue weighted by Crippen LogP contribution is -2.45. The van der Waals surface area contributed by atoms with E-state index in [1.54, 1.807) is 7.85 Å². The maximum atomic E-state index is 10.3. The Morgan fingerprint density at radius 3 is 2.78 bits per heavy atom. The van der Waals surface area contributed by atoms with E-state index in [9.17, 15) is 15.1 Å². The van der Waals surface area contributed by atoms with Crippen LogP contribution >= 0.6 is 22.6 Å². The van der Waals surface area contributed by atoms with Gasteiger partial charge in [-0.1, -0.05) is 15.9 Å². The molecule has 3 saturated heterocycles. The topological polar surface area (TPSA) is 107 Å². The van der Waals surface area contributed by atoms with Gasteiger partial charge < -0.3 is 33.8 Å². The molecule has 3 rings (SSSR count). The summed E-state index contributed by atoms with van der Waals surface area (Å²) in [5, 5.41) is 19.1.